The van der Waals surface area contributed by atoms with Gasteiger partial charge in [0, 0.05) is 17.3 Å². The van der Waals surface area contributed by atoms with E-state index in [0.29, 0.717) is 17.3 Å². The Labute approximate surface area is 399 Å². The van der Waals surface area contributed by atoms with Crippen molar-refractivity contribution in [2.75, 3.05) is 34.5 Å². The molecule has 0 aromatic heterocycles. The van der Waals surface area contributed by atoms with Crippen LogP contribution >= 0.6 is 35.3 Å². The van der Waals surface area contributed by atoms with E-state index in [9.17, 15) is 40.9 Å². The summed E-state index contributed by atoms with van der Waals surface area (Å²) < 4.78 is 30.7. The monoisotopic (exact) mass is 973 g/mol. The molecule has 15 atom stereocenters. The highest BCUT2D eigenvalue weighted by Crippen LogP contribution is 2.35. The van der Waals surface area contributed by atoms with E-state index in [1.165, 1.54) is 109 Å². The third-order valence-electron chi connectivity index (χ3n) is 12.8. The van der Waals surface area contributed by atoms with Crippen LogP contribution in [0.4, 0.5) is 0 Å². The van der Waals surface area contributed by atoms with Gasteiger partial charge in [-0.3, -0.25) is 0 Å². The molecule has 0 saturated carbocycles. The summed E-state index contributed by atoms with van der Waals surface area (Å²) in [5.41, 5.74) is 0. The lowest BCUT2D eigenvalue weighted by molar-refractivity contribution is -0.369. The number of thioether (sulfide) groups is 3. The van der Waals surface area contributed by atoms with E-state index in [1.54, 1.807) is 35.3 Å². The lowest BCUT2D eigenvalue weighted by Crippen LogP contribution is -2.66. The molecule has 13 nitrogen and oxygen atoms in total. The van der Waals surface area contributed by atoms with Crippen molar-refractivity contribution in [1.82, 2.24) is 0 Å². The van der Waals surface area contributed by atoms with Gasteiger partial charge in [-0.25, -0.2) is 0 Å². The molecular weight excluding hydrogens is 881 g/mol. The van der Waals surface area contributed by atoms with Gasteiger partial charge in [0.1, 0.15) is 54.9 Å². The van der Waals surface area contributed by atoms with E-state index < -0.39 is 92.1 Å². The molecule has 0 aromatic carbocycles. The number of hydrogen-bond donors (Lipinski definition) is 8. The Kier molecular flexibility index (Phi) is 32.7. The largest absolute Gasteiger partial charge is 0.388 e. The zero-order chi connectivity index (χ0) is 46.5. The van der Waals surface area contributed by atoms with Crippen LogP contribution in [0, 0.1) is 0 Å². The number of rotatable bonds is 37. The average molecular weight is 973 g/mol. The average Bonchev–Trinajstić information content (AvgIpc) is 3.29. The number of ether oxygens (including phenoxy) is 5. The Balaban J connectivity index is 1.64. The molecule has 3 rings (SSSR count). The Bertz CT molecular complexity index is 1120. The van der Waals surface area contributed by atoms with Crippen molar-refractivity contribution >= 4 is 35.3 Å². The first-order chi connectivity index (χ1) is 31.0. The Morgan fingerprint density at radius 1 is 0.328 bits per heavy atom. The second-order valence-corrected chi connectivity index (χ2v) is 21.9. The van der Waals surface area contributed by atoms with Crippen molar-refractivity contribution in [2.45, 2.75) is 267 Å². The number of unbranched alkanes of at least 4 members (excludes halogenated alkanes) is 21. The third kappa shape index (κ3) is 21.7. The first kappa shape index (κ1) is 58.8. The van der Waals surface area contributed by atoms with E-state index in [2.05, 4.69) is 20.8 Å². The number of hydrogen-bond acceptors (Lipinski definition) is 16. The molecule has 0 aromatic rings. The summed E-state index contributed by atoms with van der Waals surface area (Å²) in [4.78, 5) is 0. The fraction of sp³-hybridized carbons (Fsp3) is 1.00. The van der Waals surface area contributed by atoms with Crippen LogP contribution in [0.1, 0.15) is 175 Å². The van der Waals surface area contributed by atoms with Crippen LogP contribution in [0.3, 0.4) is 0 Å². The molecule has 64 heavy (non-hydrogen) atoms. The summed E-state index contributed by atoms with van der Waals surface area (Å²) >= 11 is 4.81. The molecule has 380 valence electrons. The fourth-order valence-corrected chi connectivity index (χ4v) is 11.9. The van der Waals surface area contributed by atoms with Gasteiger partial charge in [0.25, 0.3) is 0 Å². The minimum atomic E-state index is -1.70. The molecule has 3 saturated heterocycles. The summed E-state index contributed by atoms with van der Waals surface area (Å²) in [6.45, 7) is 6.64. The smallest absolute Gasteiger partial charge is 0.187 e. The molecule has 3 aliphatic rings. The van der Waals surface area contributed by atoms with E-state index in [0.717, 1.165) is 62.2 Å². The van der Waals surface area contributed by atoms with Crippen molar-refractivity contribution in [3.8, 4) is 0 Å². The van der Waals surface area contributed by atoms with Crippen molar-refractivity contribution in [1.29, 1.82) is 0 Å². The first-order valence-corrected chi connectivity index (χ1v) is 29.0. The van der Waals surface area contributed by atoms with Gasteiger partial charge in [-0.2, -0.15) is 35.3 Å². The van der Waals surface area contributed by atoms with Crippen molar-refractivity contribution in [3.63, 3.8) is 0 Å². The zero-order valence-electron chi connectivity index (χ0n) is 39.7. The van der Waals surface area contributed by atoms with Crippen LogP contribution in [-0.4, -0.2) is 167 Å². The predicted octanol–water partition coefficient (Wildman–Crippen LogP) is 7.07. The van der Waals surface area contributed by atoms with Gasteiger partial charge in [0.05, 0.1) is 18.3 Å². The zero-order valence-corrected chi connectivity index (χ0v) is 42.2. The second kappa shape index (κ2) is 35.6. The molecule has 3 heterocycles. The summed E-state index contributed by atoms with van der Waals surface area (Å²) in [7, 11) is 0. The van der Waals surface area contributed by atoms with Crippen LogP contribution in [0.15, 0.2) is 0 Å². The molecule has 16 heteroatoms. The van der Waals surface area contributed by atoms with Gasteiger partial charge >= 0.3 is 0 Å². The molecular formula is C48H92O13S3. The summed E-state index contributed by atoms with van der Waals surface area (Å²) in [5.74, 6) is 3.55. The maximum absolute atomic E-state index is 11.7. The van der Waals surface area contributed by atoms with E-state index in [4.69, 9.17) is 23.7 Å². The van der Waals surface area contributed by atoms with Gasteiger partial charge in [-0.15, -0.1) is 0 Å². The van der Waals surface area contributed by atoms with Crippen LogP contribution in [0.2, 0.25) is 0 Å². The quantitative estimate of drug-likeness (QED) is 0.0293. The lowest BCUT2D eigenvalue weighted by Gasteiger charge is -2.48. The molecule has 3 aliphatic heterocycles. The number of aliphatic hydroxyl groups excluding tert-OH is 8. The van der Waals surface area contributed by atoms with Crippen LogP contribution < -0.4 is 0 Å². The SMILES string of the molecule is CCCCCCCCCCSC[C@H]1O[C@H](O[C@H]2[C@H](O)[C@@H](O)[C@@H](O[C@H]3[C@H](O)[C@@H](O)C(O)O[C@@H]3CSCCCCCCCCCC)O[C@@H]2CSCCCCCCCCCC)[C@H](O)[C@@H](O)[C@@H]1O. The van der Waals surface area contributed by atoms with E-state index in [-0.39, 0.29) is 0 Å². The van der Waals surface area contributed by atoms with Crippen LogP contribution in [0.5, 0.6) is 0 Å². The molecule has 8 N–H and O–H groups in total. The summed E-state index contributed by atoms with van der Waals surface area (Å²) in [6, 6.07) is 0. The summed E-state index contributed by atoms with van der Waals surface area (Å²) in [5, 5.41) is 88.4. The summed E-state index contributed by atoms with van der Waals surface area (Å²) in [6.07, 6.45) is 7.93. The number of aliphatic hydroxyl groups is 8. The Morgan fingerprint density at radius 3 is 1.05 bits per heavy atom. The van der Waals surface area contributed by atoms with Gasteiger partial charge in [0.15, 0.2) is 18.9 Å². The van der Waals surface area contributed by atoms with Crippen molar-refractivity contribution in [3.05, 3.63) is 0 Å². The van der Waals surface area contributed by atoms with Gasteiger partial charge < -0.3 is 64.5 Å². The molecule has 3 fully saturated rings. The highest BCUT2D eigenvalue weighted by atomic mass is 32.2. The maximum Gasteiger partial charge on any atom is 0.187 e. The minimum Gasteiger partial charge on any atom is -0.388 e. The Morgan fingerprint density at radius 2 is 0.641 bits per heavy atom. The second-order valence-electron chi connectivity index (χ2n) is 18.4. The maximum atomic E-state index is 11.7. The minimum absolute atomic E-state index is 0.319. The standard InChI is InChI=1S/C48H92O13S3/c1-4-7-10-13-16-19-22-25-28-62-31-34-37(49)38(50)42(54)47(58-34)61-45-36(33-64-30-27-24-21-18-15-12-9-6-3)59-48(43(55)40(45)52)60-44-35(57-46(56)41(53)39(44)51)32-63-29-26-23-20-17-14-11-8-5-2/h34-56H,4-33H2,1-3H3/t34-,35-,36-,37-,38+,39-,40-,41-,42-,43-,44-,45-,46?,47-,48-/m1/s1. The highest BCUT2D eigenvalue weighted by molar-refractivity contribution is 7.99. The van der Waals surface area contributed by atoms with Crippen molar-refractivity contribution < 1.29 is 64.5 Å². The van der Waals surface area contributed by atoms with Crippen LogP contribution in [-0.2, 0) is 23.7 Å². The lowest BCUT2D eigenvalue weighted by atomic mass is 9.96. The molecule has 0 amide bonds. The molecule has 0 aliphatic carbocycles. The van der Waals surface area contributed by atoms with Crippen molar-refractivity contribution in [2.24, 2.45) is 0 Å². The van der Waals surface area contributed by atoms with E-state index in [1.807, 2.05) is 0 Å². The third-order valence-corrected chi connectivity index (χ3v) is 16.2. The fourth-order valence-electron chi connectivity index (χ4n) is 8.63. The normalized spacial score (nSPS) is 33.5. The van der Waals surface area contributed by atoms with E-state index >= 15 is 0 Å². The van der Waals surface area contributed by atoms with Gasteiger partial charge in [-0.05, 0) is 36.5 Å². The molecule has 0 bridgehead atoms. The molecule has 0 radical (unpaired) electrons. The van der Waals surface area contributed by atoms with Gasteiger partial charge in [-0.1, -0.05) is 156 Å². The molecule has 0 spiro atoms. The first-order valence-electron chi connectivity index (χ1n) is 25.5. The molecule has 1 unspecified atom stereocenters. The van der Waals surface area contributed by atoms with Gasteiger partial charge in [0.2, 0.25) is 0 Å². The predicted molar refractivity (Wildman–Crippen MR) is 260 cm³/mol. The topological polar surface area (TPSA) is 208 Å². The Hall–Kier alpha value is 0.530. The van der Waals surface area contributed by atoms with Crippen LogP contribution in [0.25, 0.3) is 0 Å². The highest BCUT2D eigenvalue weighted by Gasteiger charge is 2.53.